The largest absolute Gasteiger partial charge is 0.263 e. The van der Waals surface area contributed by atoms with Gasteiger partial charge in [0.05, 0.1) is 0 Å². The first-order valence-corrected chi connectivity index (χ1v) is 4.09. The van der Waals surface area contributed by atoms with Crippen LogP contribution in [0.2, 0.25) is 0 Å². The van der Waals surface area contributed by atoms with Crippen molar-refractivity contribution in [3.05, 3.63) is 28.5 Å². The van der Waals surface area contributed by atoms with Gasteiger partial charge in [0.15, 0.2) is 0 Å². The summed E-state index contributed by atoms with van der Waals surface area (Å²) in [7, 11) is 0. The lowest BCUT2D eigenvalue weighted by Gasteiger charge is -2.13. The summed E-state index contributed by atoms with van der Waals surface area (Å²) in [5, 5.41) is 0. The van der Waals surface area contributed by atoms with E-state index in [1.165, 1.54) is 20.0 Å². The second-order valence-corrected chi connectivity index (χ2v) is 3.78. The van der Waals surface area contributed by atoms with Crippen LogP contribution in [0.1, 0.15) is 19.4 Å². The average molecular weight is 218 g/mol. The second-order valence-electron chi connectivity index (χ2n) is 2.86. The molecule has 0 spiro atoms. The Morgan fingerprint density at radius 1 is 1.45 bits per heavy atom. The van der Waals surface area contributed by atoms with Crippen LogP contribution in [0.15, 0.2) is 22.9 Å². The van der Waals surface area contributed by atoms with Crippen LogP contribution >= 0.6 is 15.9 Å². The van der Waals surface area contributed by atoms with Gasteiger partial charge in [0.2, 0.25) is 0 Å². The van der Waals surface area contributed by atoms with E-state index in [-0.39, 0.29) is 0 Å². The van der Waals surface area contributed by atoms with E-state index < -0.39 is 5.67 Å². The zero-order valence-corrected chi connectivity index (χ0v) is 8.02. The van der Waals surface area contributed by atoms with Gasteiger partial charge >= 0.3 is 0 Å². The van der Waals surface area contributed by atoms with Gasteiger partial charge in [0.25, 0.3) is 0 Å². The van der Waals surface area contributed by atoms with Crippen LogP contribution in [0, 0.1) is 0 Å². The summed E-state index contributed by atoms with van der Waals surface area (Å²) in [5.41, 5.74) is -0.719. The number of nitrogens with zero attached hydrogens (tertiary/aromatic N) is 1. The maximum Gasteiger partial charge on any atom is 0.132 e. The fourth-order valence-electron chi connectivity index (χ4n) is 0.737. The molecule has 1 aromatic rings. The number of alkyl halides is 1. The van der Waals surface area contributed by atoms with Crippen LogP contribution in [0.4, 0.5) is 4.39 Å². The summed E-state index contributed by atoms with van der Waals surface area (Å²) in [6.45, 7) is 3.02. The van der Waals surface area contributed by atoms with E-state index in [4.69, 9.17) is 0 Å². The summed E-state index contributed by atoms with van der Waals surface area (Å²) >= 11 is 3.23. The Hall–Kier alpha value is -0.440. The SMILES string of the molecule is CC(C)(F)c1cncc(Br)c1. The fraction of sp³-hybridized carbons (Fsp3) is 0.375. The van der Waals surface area contributed by atoms with Crippen molar-refractivity contribution in [3.63, 3.8) is 0 Å². The van der Waals surface area contributed by atoms with Crippen LogP contribution in [-0.4, -0.2) is 4.98 Å². The summed E-state index contributed by atoms with van der Waals surface area (Å²) in [4.78, 5) is 3.86. The Balaban J connectivity index is 3.06. The molecule has 0 aliphatic rings. The standard InChI is InChI=1S/C8H9BrFN/c1-8(2,10)6-3-7(9)5-11-4-6/h3-5H,1-2H3. The molecule has 60 valence electrons. The molecule has 1 rings (SSSR count). The maximum absolute atomic E-state index is 13.2. The van der Waals surface area contributed by atoms with Gasteiger partial charge in [-0.15, -0.1) is 0 Å². The summed E-state index contributed by atoms with van der Waals surface area (Å²) in [6, 6.07) is 1.73. The minimum atomic E-state index is -1.31. The monoisotopic (exact) mass is 217 g/mol. The molecule has 0 aliphatic heterocycles. The summed E-state index contributed by atoms with van der Waals surface area (Å²) in [6.07, 6.45) is 3.17. The third kappa shape index (κ3) is 2.26. The van der Waals surface area contributed by atoms with Crippen LogP contribution in [-0.2, 0) is 5.67 Å². The van der Waals surface area contributed by atoms with Gasteiger partial charge in [0.1, 0.15) is 5.67 Å². The highest BCUT2D eigenvalue weighted by Crippen LogP contribution is 2.25. The highest BCUT2D eigenvalue weighted by Gasteiger charge is 2.18. The van der Waals surface area contributed by atoms with Gasteiger partial charge in [-0.1, -0.05) is 0 Å². The van der Waals surface area contributed by atoms with Gasteiger partial charge in [-0.05, 0) is 35.8 Å². The molecule has 0 amide bonds. The molecule has 0 unspecified atom stereocenters. The lowest BCUT2D eigenvalue weighted by Crippen LogP contribution is -2.08. The number of aromatic nitrogens is 1. The molecule has 1 heterocycles. The average Bonchev–Trinajstić information content (AvgIpc) is 1.86. The molecular weight excluding hydrogens is 209 g/mol. The molecule has 1 aromatic heterocycles. The Bertz CT molecular complexity index is 255. The van der Waals surface area contributed by atoms with Gasteiger partial charge in [0, 0.05) is 22.4 Å². The molecule has 0 radical (unpaired) electrons. The van der Waals surface area contributed by atoms with Crippen LogP contribution in [0.3, 0.4) is 0 Å². The summed E-state index contributed by atoms with van der Waals surface area (Å²) in [5.74, 6) is 0. The zero-order chi connectivity index (χ0) is 8.48. The fourth-order valence-corrected chi connectivity index (χ4v) is 1.10. The Labute approximate surface area is 73.8 Å². The van der Waals surface area contributed by atoms with Crippen molar-refractivity contribution in [2.45, 2.75) is 19.5 Å². The van der Waals surface area contributed by atoms with E-state index >= 15 is 0 Å². The van der Waals surface area contributed by atoms with E-state index in [9.17, 15) is 4.39 Å². The molecule has 0 bridgehead atoms. The van der Waals surface area contributed by atoms with Crippen molar-refractivity contribution < 1.29 is 4.39 Å². The molecule has 0 saturated heterocycles. The van der Waals surface area contributed by atoms with Crippen molar-refractivity contribution in [1.29, 1.82) is 0 Å². The molecule has 0 atom stereocenters. The Kier molecular flexibility index (Phi) is 2.28. The lowest BCUT2D eigenvalue weighted by molar-refractivity contribution is 0.221. The smallest absolute Gasteiger partial charge is 0.132 e. The minimum Gasteiger partial charge on any atom is -0.263 e. The molecular formula is C8H9BrFN. The van der Waals surface area contributed by atoms with Crippen molar-refractivity contribution in [2.24, 2.45) is 0 Å². The highest BCUT2D eigenvalue weighted by atomic mass is 79.9. The molecule has 0 aromatic carbocycles. The van der Waals surface area contributed by atoms with E-state index in [1.807, 2.05) is 0 Å². The molecule has 3 heteroatoms. The number of pyridine rings is 1. The first-order chi connectivity index (χ1) is 5.00. The third-order valence-electron chi connectivity index (χ3n) is 1.39. The predicted octanol–water partition coefficient (Wildman–Crippen LogP) is 3.05. The summed E-state index contributed by atoms with van der Waals surface area (Å²) < 4.78 is 14.0. The van der Waals surface area contributed by atoms with E-state index in [0.717, 1.165) is 4.47 Å². The maximum atomic E-state index is 13.2. The van der Waals surface area contributed by atoms with Crippen molar-refractivity contribution in [1.82, 2.24) is 4.98 Å². The van der Waals surface area contributed by atoms with Gasteiger partial charge < -0.3 is 0 Å². The normalized spacial score (nSPS) is 11.6. The van der Waals surface area contributed by atoms with Crippen molar-refractivity contribution >= 4 is 15.9 Å². The zero-order valence-electron chi connectivity index (χ0n) is 6.44. The Morgan fingerprint density at radius 2 is 2.09 bits per heavy atom. The van der Waals surface area contributed by atoms with Gasteiger partial charge in [-0.25, -0.2) is 4.39 Å². The number of hydrogen-bond donors (Lipinski definition) is 0. The number of halogens is 2. The minimum absolute atomic E-state index is 0.590. The molecule has 1 nitrogen and oxygen atoms in total. The van der Waals surface area contributed by atoms with Crippen molar-refractivity contribution in [3.8, 4) is 0 Å². The lowest BCUT2D eigenvalue weighted by atomic mass is 10.0. The van der Waals surface area contributed by atoms with Crippen LogP contribution < -0.4 is 0 Å². The van der Waals surface area contributed by atoms with Gasteiger partial charge in [-0.3, -0.25) is 4.98 Å². The van der Waals surface area contributed by atoms with E-state index in [0.29, 0.717) is 5.56 Å². The number of hydrogen-bond acceptors (Lipinski definition) is 1. The quantitative estimate of drug-likeness (QED) is 0.705. The molecule has 0 aliphatic carbocycles. The third-order valence-corrected chi connectivity index (χ3v) is 1.83. The van der Waals surface area contributed by atoms with E-state index in [2.05, 4.69) is 20.9 Å². The first kappa shape index (κ1) is 8.65. The topological polar surface area (TPSA) is 12.9 Å². The molecule has 0 saturated carbocycles. The number of rotatable bonds is 1. The van der Waals surface area contributed by atoms with Gasteiger partial charge in [-0.2, -0.15) is 0 Å². The Morgan fingerprint density at radius 3 is 2.45 bits per heavy atom. The first-order valence-electron chi connectivity index (χ1n) is 3.30. The molecule has 0 fully saturated rings. The van der Waals surface area contributed by atoms with Crippen LogP contribution in [0.25, 0.3) is 0 Å². The predicted molar refractivity (Wildman–Crippen MR) is 46.1 cm³/mol. The van der Waals surface area contributed by atoms with Crippen LogP contribution in [0.5, 0.6) is 0 Å². The van der Waals surface area contributed by atoms with Crippen molar-refractivity contribution in [2.75, 3.05) is 0 Å². The second kappa shape index (κ2) is 2.89. The van der Waals surface area contributed by atoms with E-state index in [1.54, 1.807) is 12.3 Å². The molecule has 0 N–H and O–H groups in total. The molecule has 11 heavy (non-hydrogen) atoms. The highest BCUT2D eigenvalue weighted by molar-refractivity contribution is 9.10.